The Bertz CT molecular complexity index is 519. The summed E-state index contributed by atoms with van der Waals surface area (Å²) in [5.41, 5.74) is 0. The fourth-order valence-electron chi connectivity index (χ4n) is 2.51. The normalized spacial score (nSPS) is 17.9. The Balaban J connectivity index is 1.98. The van der Waals surface area contributed by atoms with E-state index in [-0.39, 0.29) is 12.0 Å². The van der Waals surface area contributed by atoms with Crippen molar-refractivity contribution in [1.29, 1.82) is 0 Å². The lowest BCUT2D eigenvalue weighted by Gasteiger charge is -2.33. The first-order valence-electron chi connectivity index (χ1n) is 7.65. The molecule has 22 heavy (non-hydrogen) atoms. The number of rotatable bonds is 6. The average Bonchev–Trinajstić information content (AvgIpc) is 2.53. The minimum Gasteiger partial charge on any atom is -0.470 e. The monoisotopic (exact) mass is 304 g/mol. The molecule has 1 aliphatic heterocycles. The van der Waals surface area contributed by atoms with Gasteiger partial charge in [-0.3, -0.25) is 4.79 Å². The molecule has 1 atom stereocenters. The van der Waals surface area contributed by atoms with Gasteiger partial charge in [0.05, 0.1) is 6.54 Å². The number of aromatic nitrogens is 2. The molecule has 1 unspecified atom stereocenters. The minimum atomic E-state index is -0.0307. The van der Waals surface area contributed by atoms with Gasteiger partial charge in [0.25, 0.3) is 5.88 Å². The van der Waals surface area contributed by atoms with Crippen LogP contribution >= 0.6 is 0 Å². The van der Waals surface area contributed by atoms with Gasteiger partial charge in [0, 0.05) is 39.5 Å². The van der Waals surface area contributed by atoms with Gasteiger partial charge in [0.15, 0.2) is 5.82 Å². The van der Waals surface area contributed by atoms with Crippen molar-refractivity contribution in [2.45, 2.75) is 31.8 Å². The van der Waals surface area contributed by atoms with E-state index in [9.17, 15) is 4.79 Å². The molecule has 0 spiro atoms. The highest BCUT2D eigenvalue weighted by molar-refractivity contribution is 5.76. The molecule has 2 rings (SSSR count). The van der Waals surface area contributed by atoms with Crippen molar-refractivity contribution in [1.82, 2.24) is 14.9 Å². The third-order valence-electron chi connectivity index (χ3n) is 3.64. The summed E-state index contributed by atoms with van der Waals surface area (Å²) in [6.45, 7) is 5.07. The SMILES string of the molecule is C=CCCC(=O)N1CCCC(Oc2nccnc2N(C)C)C1. The van der Waals surface area contributed by atoms with E-state index >= 15 is 0 Å². The first-order valence-corrected chi connectivity index (χ1v) is 7.65. The molecule has 0 bridgehead atoms. The zero-order valence-corrected chi connectivity index (χ0v) is 13.4. The molecule has 0 radical (unpaired) electrons. The summed E-state index contributed by atoms with van der Waals surface area (Å²) in [5.74, 6) is 1.40. The summed E-state index contributed by atoms with van der Waals surface area (Å²) < 4.78 is 6.00. The summed E-state index contributed by atoms with van der Waals surface area (Å²) in [5, 5.41) is 0. The van der Waals surface area contributed by atoms with Crippen molar-refractivity contribution in [2.24, 2.45) is 0 Å². The molecule has 6 nitrogen and oxygen atoms in total. The van der Waals surface area contributed by atoms with E-state index in [2.05, 4.69) is 16.5 Å². The van der Waals surface area contributed by atoms with E-state index < -0.39 is 0 Å². The van der Waals surface area contributed by atoms with Crippen molar-refractivity contribution in [3.63, 3.8) is 0 Å². The second kappa shape index (κ2) is 7.77. The van der Waals surface area contributed by atoms with Crippen LogP contribution in [0.4, 0.5) is 5.82 Å². The van der Waals surface area contributed by atoms with Gasteiger partial charge >= 0.3 is 0 Å². The van der Waals surface area contributed by atoms with Crippen LogP contribution in [0.3, 0.4) is 0 Å². The summed E-state index contributed by atoms with van der Waals surface area (Å²) in [4.78, 5) is 24.4. The van der Waals surface area contributed by atoms with Crippen molar-refractivity contribution in [2.75, 3.05) is 32.1 Å². The number of likely N-dealkylation sites (tertiary alicyclic amines) is 1. The highest BCUT2D eigenvalue weighted by atomic mass is 16.5. The zero-order chi connectivity index (χ0) is 15.9. The van der Waals surface area contributed by atoms with E-state index in [0.717, 1.165) is 25.8 Å². The maximum atomic E-state index is 12.1. The van der Waals surface area contributed by atoms with Crippen molar-refractivity contribution in [3.8, 4) is 5.88 Å². The Morgan fingerprint density at radius 1 is 1.50 bits per heavy atom. The minimum absolute atomic E-state index is 0.0307. The molecule has 0 saturated carbocycles. The summed E-state index contributed by atoms with van der Waals surface area (Å²) >= 11 is 0. The molecule has 2 heterocycles. The number of allylic oxidation sites excluding steroid dienone is 1. The lowest BCUT2D eigenvalue weighted by atomic mass is 10.1. The lowest BCUT2D eigenvalue weighted by molar-refractivity contribution is -0.133. The molecule has 1 aromatic heterocycles. The predicted molar refractivity (Wildman–Crippen MR) is 86.0 cm³/mol. The van der Waals surface area contributed by atoms with Crippen molar-refractivity contribution < 1.29 is 9.53 Å². The maximum absolute atomic E-state index is 12.1. The average molecular weight is 304 g/mol. The highest BCUT2D eigenvalue weighted by Gasteiger charge is 2.25. The maximum Gasteiger partial charge on any atom is 0.257 e. The van der Waals surface area contributed by atoms with E-state index in [4.69, 9.17) is 4.74 Å². The number of ether oxygens (including phenoxy) is 1. The molecule has 0 aromatic carbocycles. The van der Waals surface area contributed by atoms with Crippen LogP contribution in [-0.4, -0.2) is 54.1 Å². The van der Waals surface area contributed by atoms with Gasteiger partial charge in [-0.25, -0.2) is 9.97 Å². The van der Waals surface area contributed by atoms with Crippen LogP contribution in [0.5, 0.6) is 5.88 Å². The Kier molecular flexibility index (Phi) is 5.75. The Morgan fingerprint density at radius 3 is 3.00 bits per heavy atom. The number of hydrogen-bond acceptors (Lipinski definition) is 5. The fraction of sp³-hybridized carbons (Fsp3) is 0.562. The van der Waals surface area contributed by atoms with Gasteiger partial charge in [0.2, 0.25) is 5.91 Å². The Labute approximate surface area is 131 Å². The fourth-order valence-corrected chi connectivity index (χ4v) is 2.51. The van der Waals surface area contributed by atoms with Gasteiger partial charge in [0.1, 0.15) is 6.10 Å². The Hall–Kier alpha value is -2.11. The van der Waals surface area contributed by atoms with Crippen LogP contribution in [0.25, 0.3) is 0 Å². The van der Waals surface area contributed by atoms with E-state index in [1.807, 2.05) is 23.9 Å². The van der Waals surface area contributed by atoms with Crippen LogP contribution in [0.15, 0.2) is 25.0 Å². The predicted octanol–water partition coefficient (Wildman–Crippen LogP) is 1.88. The third-order valence-corrected chi connectivity index (χ3v) is 3.64. The van der Waals surface area contributed by atoms with Crippen LogP contribution in [-0.2, 0) is 4.79 Å². The molecule has 1 amide bonds. The first-order chi connectivity index (χ1) is 10.6. The summed E-state index contributed by atoms with van der Waals surface area (Å²) in [6.07, 6.45) is 8.12. The van der Waals surface area contributed by atoms with Gasteiger partial charge in [-0.1, -0.05) is 6.08 Å². The molecule has 1 aromatic rings. The molecule has 6 heteroatoms. The van der Waals surface area contributed by atoms with Gasteiger partial charge in [-0.15, -0.1) is 6.58 Å². The zero-order valence-electron chi connectivity index (χ0n) is 13.4. The summed E-state index contributed by atoms with van der Waals surface area (Å²) in [7, 11) is 3.81. The number of anilines is 1. The molecule has 0 aliphatic carbocycles. The van der Waals surface area contributed by atoms with Gasteiger partial charge < -0.3 is 14.5 Å². The first kappa shape index (κ1) is 16.3. The molecule has 1 aliphatic rings. The number of carbonyl (C=O) groups is 1. The third kappa shape index (κ3) is 4.19. The van der Waals surface area contributed by atoms with Crippen molar-refractivity contribution in [3.05, 3.63) is 25.0 Å². The van der Waals surface area contributed by atoms with Crippen LogP contribution < -0.4 is 9.64 Å². The van der Waals surface area contributed by atoms with Gasteiger partial charge in [-0.05, 0) is 19.3 Å². The number of amides is 1. The second-order valence-electron chi connectivity index (χ2n) is 5.63. The number of nitrogens with zero attached hydrogens (tertiary/aromatic N) is 4. The topological polar surface area (TPSA) is 58.6 Å². The van der Waals surface area contributed by atoms with Crippen molar-refractivity contribution >= 4 is 11.7 Å². The molecule has 120 valence electrons. The lowest BCUT2D eigenvalue weighted by Crippen LogP contribution is -2.44. The van der Waals surface area contributed by atoms with E-state index in [0.29, 0.717) is 24.7 Å². The second-order valence-corrected chi connectivity index (χ2v) is 5.63. The molecular weight excluding hydrogens is 280 g/mol. The quantitative estimate of drug-likeness (QED) is 0.751. The molecular formula is C16H24N4O2. The standard InChI is InChI=1S/C16H24N4O2/c1-4-5-8-14(21)20-11-6-7-13(12-20)22-16-15(19(2)3)17-9-10-18-16/h4,9-10,13H,1,5-8,11-12H2,2-3H3. The van der Waals surface area contributed by atoms with E-state index in [1.54, 1.807) is 18.5 Å². The van der Waals surface area contributed by atoms with Crippen LogP contribution in [0.2, 0.25) is 0 Å². The van der Waals surface area contributed by atoms with Gasteiger partial charge in [-0.2, -0.15) is 0 Å². The number of hydrogen-bond donors (Lipinski definition) is 0. The number of carbonyl (C=O) groups excluding carboxylic acids is 1. The smallest absolute Gasteiger partial charge is 0.257 e. The van der Waals surface area contributed by atoms with E-state index in [1.165, 1.54) is 0 Å². The van der Waals surface area contributed by atoms with Crippen LogP contribution in [0.1, 0.15) is 25.7 Å². The molecule has 1 fully saturated rings. The Morgan fingerprint density at radius 2 is 2.27 bits per heavy atom. The number of piperidine rings is 1. The largest absolute Gasteiger partial charge is 0.470 e. The highest BCUT2D eigenvalue weighted by Crippen LogP contribution is 2.24. The van der Waals surface area contributed by atoms with Crippen LogP contribution in [0, 0.1) is 0 Å². The molecule has 1 saturated heterocycles. The molecule has 0 N–H and O–H groups in total. The summed E-state index contributed by atoms with van der Waals surface area (Å²) in [6, 6.07) is 0.